The molecule has 2 aromatic rings. The minimum Gasteiger partial charge on any atom is -0.323 e. The number of aryl methyl sites for hydroxylation is 1. The van der Waals surface area contributed by atoms with E-state index in [9.17, 15) is 9.18 Å². The molecule has 112 valence electrons. The molecule has 21 heavy (non-hydrogen) atoms. The minimum absolute atomic E-state index is 0.179. The fourth-order valence-corrected chi connectivity index (χ4v) is 4.19. The van der Waals surface area contributed by atoms with Gasteiger partial charge in [-0.1, -0.05) is 47.9 Å². The Morgan fingerprint density at radius 1 is 1.33 bits per heavy atom. The summed E-state index contributed by atoms with van der Waals surface area (Å²) in [7, 11) is 0. The van der Waals surface area contributed by atoms with Gasteiger partial charge in [-0.2, -0.15) is 0 Å². The van der Waals surface area contributed by atoms with E-state index < -0.39 is 5.82 Å². The fraction of sp³-hybridized carbons (Fsp3) is 0.308. The average molecular weight is 343 g/mol. The molecule has 0 aliphatic heterocycles. The summed E-state index contributed by atoms with van der Waals surface area (Å²) in [5, 5.41) is 10.6. The van der Waals surface area contributed by atoms with E-state index in [1.165, 1.54) is 29.2 Å². The van der Waals surface area contributed by atoms with Gasteiger partial charge in [-0.05, 0) is 30.4 Å². The molecule has 4 nitrogen and oxygen atoms in total. The summed E-state index contributed by atoms with van der Waals surface area (Å²) in [6.45, 7) is 3.84. The Bertz CT molecular complexity index is 633. The average Bonchev–Trinajstić information content (AvgIpc) is 2.88. The summed E-state index contributed by atoms with van der Waals surface area (Å²) in [5.74, 6) is 0.430. The van der Waals surface area contributed by atoms with Gasteiger partial charge in [0.15, 0.2) is 8.68 Å². The van der Waals surface area contributed by atoms with Gasteiger partial charge in [-0.15, -0.1) is 10.2 Å². The fourth-order valence-electron chi connectivity index (χ4n) is 1.47. The predicted molar refractivity (Wildman–Crippen MR) is 86.8 cm³/mol. The summed E-state index contributed by atoms with van der Waals surface area (Å²) in [5.41, 5.74) is 1.01. The number of halogens is 1. The first-order valence-electron chi connectivity index (χ1n) is 6.23. The van der Waals surface area contributed by atoms with E-state index >= 15 is 0 Å². The second-order valence-electron chi connectivity index (χ2n) is 4.09. The lowest BCUT2D eigenvalue weighted by Gasteiger charge is -2.06. The van der Waals surface area contributed by atoms with Crippen LogP contribution in [0.5, 0.6) is 0 Å². The van der Waals surface area contributed by atoms with Gasteiger partial charge in [0.05, 0.1) is 11.4 Å². The standard InChI is InChI=1S/C13H14FN3OS3/c1-3-19-12-16-17-13(21-12)20-7-11(18)15-10-5-4-8(2)6-9(10)14/h4-6H,3,7H2,1-2H3,(H,15,18). The minimum atomic E-state index is -0.425. The van der Waals surface area contributed by atoms with Gasteiger partial charge in [0.25, 0.3) is 0 Å². The van der Waals surface area contributed by atoms with Crippen molar-refractivity contribution in [3.8, 4) is 0 Å². The van der Waals surface area contributed by atoms with Crippen LogP contribution >= 0.6 is 34.9 Å². The van der Waals surface area contributed by atoms with E-state index in [0.717, 1.165) is 20.0 Å². The number of carbonyl (C=O) groups excluding carboxylic acids is 1. The van der Waals surface area contributed by atoms with Crippen LogP contribution in [-0.4, -0.2) is 27.6 Å². The Kier molecular flexibility index (Phi) is 6.01. The van der Waals surface area contributed by atoms with Crippen LogP contribution < -0.4 is 5.32 Å². The number of aromatic nitrogens is 2. The topological polar surface area (TPSA) is 54.9 Å². The van der Waals surface area contributed by atoms with Gasteiger partial charge in [-0.3, -0.25) is 4.79 Å². The monoisotopic (exact) mass is 343 g/mol. The molecular formula is C13H14FN3OS3. The molecule has 1 N–H and O–H groups in total. The van der Waals surface area contributed by atoms with Crippen molar-refractivity contribution in [2.75, 3.05) is 16.8 Å². The third-order valence-electron chi connectivity index (χ3n) is 2.38. The third-order valence-corrected chi connectivity index (χ3v) is 5.45. The van der Waals surface area contributed by atoms with Gasteiger partial charge in [0, 0.05) is 0 Å². The summed E-state index contributed by atoms with van der Waals surface area (Å²) >= 11 is 4.38. The van der Waals surface area contributed by atoms with E-state index in [1.807, 2.05) is 6.92 Å². The molecule has 0 atom stereocenters. The van der Waals surface area contributed by atoms with Gasteiger partial charge < -0.3 is 5.32 Å². The molecule has 8 heteroatoms. The summed E-state index contributed by atoms with van der Waals surface area (Å²) in [6, 6.07) is 4.71. The molecule has 0 radical (unpaired) electrons. The summed E-state index contributed by atoms with van der Waals surface area (Å²) in [4.78, 5) is 11.8. The Hall–Kier alpha value is -1.12. The highest BCUT2D eigenvalue weighted by atomic mass is 32.2. The molecule has 2 rings (SSSR count). The van der Waals surface area contributed by atoms with Gasteiger partial charge >= 0.3 is 0 Å². The molecule has 0 saturated carbocycles. The van der Waals surface area contributed by atoms with Crippen molar-refractivity contribution >= 4 is 46.5 Å². The molecule has 0 unspecified atom stereocenters. The van der Waals surface area contributed by atoms with Crippen LogP contribution in [0.25, 0.3) is 0 Å². The van der Waals surface area contributed by atoms with Crippen LogP contribution in [0.3, 0.4) is 0 Å². The first-order valence-corrected chi connectivity index (χ1v) is 9.02. The molecule has 0 spiro atoms. The Morgan fingerprint density at radius 3 is 2.71 bits per heavy atom. The third kappa shape index (κ3) is 4.98. The van der Waals surface area contributed by atoms with Gasteiger partial charge in [0.2, 0.25) is 5.91 Å². The van der Waals surface area contributed by atoms with Crippen molar-refractivity contribution in [1.82, 2.24) is 10.2 Å². The number of nitrogens with zero attached hydrogens (tertiary/aromatic N) is 2. The first-order chi connectivity index (χ1) is 10.1. The molecule has 0 aliphatic carbocycles. The molecule has 0 aliphatic rings. The zero-order valence-corrected chi connectivity index (χ0v) is 14.0. The van der Waals surface area contributed by atoms with Crippen molar-refractivity contribution in [3.05, 3.63) is 29.6 Å². The van der Waals surface area contributed by atoms with Crippen molar-refractivity contribution in [3.63, 3.8) is 0 Å². The number of carbonyl (C=O) groups is 1. The lowest BCUT2D eigenvalue weighted by molar-refractivity contribution is -0.113. The molecule has 0 saturated heterocycles. The van der Waals surface area contributed by atoms with Crippen LogP contribution in [-0.2, 0) is 4.79 Å². The largest absolute Gasteiger partial charge is 0.323 e. The molecule has 1 amide bonds. The van der Waals surface area contributed by atoms with Crippen molar-refractivity contribution in [2.45, 2.75) is 22.5 Å². The maximum Gasteiger partial charge on any atom is 0.234 e. The number of nitrogens with one attached hydrogen (secondary N) is 1. The smallest absolute Gasteiger partial charge is 0.234 e. The van der Waals surface area contributed by atoms with Crippen LogP contribution in [0.1, 0.15) is 12.5 Å². The lowest BCUT2D eigenvalue weighted by Crippen LogP contribution is -2.15. The Balaban J connectivity index is 1.86. The number of thioether (sulfide) groups is 2. The van der Waals surface area contributed by atoms with E-state index in [2.05, 4.69) is 15.5 Å². The van der Waals surface area contributed by atoms with E-state index in [-0.39, 0.29) is 17.3 Å². The molecule has 0 bridgehead atoms. The maximum atomic E-state index is 13.6. The Morgan fingerprint density at radius 2 is 2.05 bits per heavy atom. The number of benzene rings is 1. The molecule has 1 heterocycles. The molecular weight excluding hydrogens is 329 g/mol. The number of anilines is 1. The van der Waals surface area contributed by atoms with Crippen LogP contribution in [0.4, 0.5) is 10.1 Å². The van der Waals surface area contributed by atoms with E-state index in [4.69, 9.17) is 0 Å². The zero-order chi connectivity index (χ0) is 15.2. The van der Waals surface area contributed by atoms with Crippen molar-refractivity contribution in [1.29, 1.82) is 0 Å². The normalized spacial score (nSPS) is 10.6. The maximum absolute atomic E-state index is 13.6. The number of hydrogen-bond donors (Lipinski definition) is 1. The molecule has 0 fully saturated rings. The van der Waals surface area contributed by atoms with Gasteiger partial charge in [-0.25, -0.2) is 4.39 Å². The number of hydrogen-bond acceptors (Lipinski definition) is 6. The Labute approximate surface area is 134 Å². The summed E-state index contributed by atoms with van der Waals surface area (Å²) < 4.78 is 15.3. The van der Waals surface area contributed by atoms with E-state index in [0.29, 0.717) is 0 Å². The molecule has 1 aromatic carbocycles. The quantitative estimate of drug-likeness (QED) is 0.808. The van der Waals surface area contributed by atoms with Crippen LogP contribution in [0.2, 0.25) is 0 Å². The zero-order valence-electron chi connectivity index (χ0n) is 11.6. The highest BCUT2D eigenvalue weighted by Gasteiger charge is 2.10. The SMILES string of the molecule is CCSc1nnc(SCC(=O)Nc2ccc(C)cc2F)s1. The molecule has 1 aromatic heterocycles. The van der Waals surface area contributed by atoms with E-state index in [1.54, 1.807) is 30.8 Å². The highest BCUT2D eigenvalue weighted by molar-refractivity contribution is 8.03. The van der Waals surface area contributed by atoms with Crippen LogP contribution in [0.15, 0.2) is 26.9 Å². The van der Waals surface area contributed by atoms with Crippen LogP contribution in [0, 0.1) is 12.7 Å². The highest BCUT2D eigenvalue weighted by Crippen LogP contribution is 2.28. The second kappa shape index (κ2) is 7.77. The van der Waals surface area contributed by atoms with Gasteiger partial charge in [0.1, 0.15) is 5.82 Å². The first kappa shape index (κ1) is 16.3. The lowest BCUT2D eigenvalue weighted by atomic mass is 10.2. The number of amides is 1. The van der Waals surface area contributed by atoms with Crippen molar-refractivity contribution in [2.24, 2.45) is 0 Å². The number of rotatable bonds is 6. The van der Waals surface area contributed by atoms with Crippen molar-refractivity contribution < 1.29 is 9.18 Å². The summed E-state index contributed by atoms with van der Waals surface area (Å²) in [6.07, 6.45) is 0. The predicted octanol–water partition coefficient (Wildman–Crippen LogP) is 3.83. The second-order valence-corrected chi connectivity index (χ2v) is 7.80.